The summed E-state index contributed by atoms with van der Waals surface area (Å²) in [6.45, 7) is 2.15. The molecular weight excluding hydrogens is 413 g/mol. The Kier molecular flexibility index (Phi) is 5.30. The maximum atomic E-state index is 13.5. The second kappa shape index (κ2) is 8.11. The van der Waals surface area contributed by atoms with Gasteiger partial charge in [0.25, 0.3) is 5.56 Å². The Labute approximate surface area is 184 Å². The minimum atomic E-state index is -0.371. The average molecular weight is 438 g/mol. The fourth-order valence-electron chi connectivity index (χ4n) is 4.15. The third-order valence-corrected chi connectivity index (χ3v) is 7.05. The number of thioether (sulfide) groups is 1. The topological polar surface area (TPSA) is 55.2 Å². The minimum Gasteiger partial charge on any atom is -0.336 e. The lowest BCUT2D eigenvalue weighted by Crippen LogP contribution is -2.42. The van der Waals surface area contributed by atoms with Crippen LogP contribution in [0.3, 0.4) is 0 Å². The van der Waals surface area contributed by atoms with Crippen LogP contribution in [0.15, 0.2) is 58.5 Å². The summed E-state index contributed by atoms with van der Waals surface area (Å²) in [5.74, 6) is 0.564. The van der Waals surface area contributed by atoms with Gasteiger partial charge >= 0.3 is 0 Å². The summed E-state index contributed by atoms with van der Waals surface area (Å²) in [6.07, 6.45) is 4.53. The Hall–Kier alpha value is -2.67. The monoisotopic (exact) mass is 437 g/mol. The zero-order chi connectivity index (χ0) is 21.5. The van der Waals surface area contributed by atoms with Gasteiger partial charge in [-0.15, -0.1) is 0 Å². The Balaban J connectivity index is 1.48. The number of halogens is 1. The molecule has 2 aliphatic carbocycles. The quantitative estimate of drug-likeness (QED) is 0.406. The number of benzene rings is 2. The van der Waals surface area contributed by atoms with Gasteiger partial charge in [-0.05, 0) is 74.9 Å². The fraction of sp³-hybridized carbons (Fsp3) is 0.375. The summed E-state index contributed by atoms with van der Waals surface area (Å²) in [6, 6.07) is 13.5. The summed E-state index contributed by atoms with van der Waals surface area (Å²) in [7, 11) is 0. The molecule has 160 valence electrons. The summed E-state index contributed by atoms with van der Waals surface area (Å²) < 4.78 is 14.9. The number of hydrogen-bond donors (Lipinski definition) is 0. The molecule has 0 N–H and O–H groups in total. The molecule has 5 rings (SSSR count). The molecule has 1 atom stereocenters. The van der Waals surface area contributed by atoms with Gasteiger partial charge in [-0.25, -0.2) is 9.37 Å². The zero-order valence-electron chi connectivity index (χ0n) is 17.3. The van der Waals surface area contributed by atoms with Crippen LogP contribution in [-0.2, 0) is 4.79 Å². The number of carbonyl (C=O) groups is 1. The molecule has 2 aliphatic rings. The van der Waals surface area contributed by atoms with Crippen molar-refractivity contribution in [1.29, 1.82) is 0 Å². The van der Waals surface area contributed by atoms with Gasteiger partial charge in [0.15, 0.2) is 5.16 Å². The number of hydrogen-bond acceptors (Lipinski definition) is 4. The molecule has 7 heteroatoms. The molecule has 0 bridgehead atoms. The van der Waals surface area contributed by atoms with Crippen LogP contribution in [0.1, 0.15) is 32.6 Å². The van der Waals surface area contributed by atoms with Crippen LogP contribution in [0.5, 0.6) is 0 Å². The lowest BCUT2D eigenvalue weighted by atomic mass is 10.2. The second-order valence-electron chi connectivity index (χ2n) is 8.43. The molecule has 0 aliphatic heterocycles. The van der Waals surface area contributed by atoms with Crippen molar-refractivity contribution in [2.24, 2.45) is 5.92 Å². The number of rotatable bonds is 7. The van der Waals surface area contributed by atoms with Gasteiger partial charge in [0.1, 0.15) is 5.82 Å². The van der Waals surface area contributed by atoms with E-state index in [0.717, 1.165) is 12.8 Å². The first-order chi connectivity index (χ1) is 15.0. The highest BCUT2D eigenvalue weighted by Gasteiger charge is 2.41. The second-order valence-corrected chi connectivity index (χ2v) is 9.37. The molecular formula is C24H24FN3O2S. The van der Waals surface area contributed by atoms with Crippen LogP contribution >= 0.6 is 11.8 Å². The van der Waals surface area contributed by atoms with Crippen LogP contribution in [0.2, 0.25) is 0 Å². The molecule has 31 heavy (non-hydrogen) atoms. The minimum absolute atomic E-state index is 0.0972. The summed E-state index contributed by atoms with van der Waals surface area (Å²) in [5, 5.41) is 0.933. The maximum absolute atomic E-state index is 13.5. The third kappa shape index (κ3) is 4.11. The van der Waals surface area contributed by atoms with Crippen LogP contribution in [0.4, 0.5) is 4.39 Å². The van der Waals surface area contributed by atoms with Gasteiger partial charge in [0.2, 0.25) is 5.91 Å². The van der Waals surface area contributed by atoms with Gasteiger partial charge in [-0.1, -0.05) is 23.9 Å². The highest BCUT2D eigenvalue weighted by Crippen LogP contribution is 2.40. The van der Waals surface area contributed by atoms with Crippen molar-refractivity contribution in [2.45, 2.75) is 49.8 Å². The van der Waals surface area contributed by atoms with E-state index < -0.39 is 0 Å². The molecule has 0 radical (unpaired) electrons. The van der Waals surface area contributed by atoms with Gasteiger partial charge in [-0.3, -0.25) is 14.2 Å². The highest BCUT2D eigenvalue weighted by atomic mass is 32.2. The number of amides is 1. The van der Waals surface area contributed by atoms with Crippen molar-refractivity contribution < 1.29 is 9.18 Å². The van der Waals surface area contributed by atoms with E-state index in [4.69, 9.17) is 0 Å². The Morgan fingerprint density at radius 3 is 2.55 bits per heavy atom. The maximum Gasteiger partial charge on any atom is 0.266 e. The van der Waals surface area contributed by atoms with Crippen molar-refractivity contribution >= 4 is 28.6 Å². The fourth-order valence-corrected chi connectivity index (χ4v) is 5.03. The van der Waals surface area contributed by atoms with E-state index in [-0.39, 0.29) is 29.1 Å². The van der Waals surface area contributed by atoms with Crippen molar-refractivity contribution in [3.05, 3.63) is 64.7 Å². The molecule has 0 saturated heterocycles. The van der Waals surface area contributed by atoms with Gasteiger partial charge < -0.3 is 4.90 Å². The van der Waals surface area contributed by atoms with Crippen LogP contribution in [-0.4, -0.2) is 38.2 Å². The molecule has 3 aromatic rings. The SMILES string of the molecule is CC(C1CC1)N(C(=O)CSc1nc2ccccc2c(=O)n1-c1ccc(F)cc1)C1CC1. The van der Waals surface area contributed by atoms with E-state index in [1.165, 1.54) is 41.3 Å². The van der Waals surface area contributed by atoms with E-state index >= 15 is 0 Å². The molecule has 0 spiro atoms. The molecule has 2 fully saturated rings. The van der Waals surface area contributed by atoms with Crippen LogP contribution in [0, 0.1) is 11.7 Å². The van der Waals surface area contributed by atoms with Crippen molar-refractivity contribution in [2.75, 3.05) is 5.75 Å². The lowest BCUT2D eigenvalue weighted by molar-refractivity contribution is -0.131. The van der Waals surface area contributed by atoms with Crippen molar-refractivity contribution in [1.82, 2.24) is 14.5 Å². The Morgan fingerprint density at radius 2 is 1.87 bits per heavy atom. The smallest absolute Gasteiger partial charge is 0.266 e. The highest BCUT2D eigenvalue weighted by molar-refractivity contribution is 7.99. The molecule has 5 nitrogen and oxygen atoms in total. The largest absolute Gasteiger partial charge is 0.336 e. The van der Waals surface area contributed by atoms with Crippen LogP contribution < -0.4 is 5.56 Å². The van der Waals surface area contributed by atoms with Gasteiger partial charge in [0.05, 0.1) is 22.3 Å². The van der Waals surface area contributed by atoms with Crippen molar-refractivity contribution in [3.8, 4) is 5.69 Å². The molecule has 1 unspecified atom stereocenters. The summed E-state index contributed by atoms with van der Waals surface area (Å²) in [5.41, 5.74) is 0.897. The molecule has 1 heterocycles. The van der Waals surface area contributed by atoms with E-state index in [0.29, 0.717) is 33.7 Å². The van der Waals surface area contributed by atoms with Gasteiger partial charge in [0, 0.05) is 12.1 Å². The van der Waals surface area contributed by atoms with Crippen LogP contribution in [0.25, 0.3) is 16.6 Å². The standard InChI is InChI=1S/C24H24FN3O2S/c1-15(16-6-7-16)27(18-12-13-18)22(29)14-31-24-26-21-5-3-2-4-20(21)23(30)28(24)19-10-8-17(25)9-11-19/h2-5,8-11,15-16,18H,6-7,12-14H2,1H3. The molecule has 2 aromatic carbocycles. The van der Waals surface area contributed by atoms with E-state index in [2.05, 4.69) is 16.8 Å². The van der Waals surface area contributed by atoms with E-state index in [1.807, 2.05) is 6.07 Å². The summed E-state index contributed by atoms with van der Waals surface area (Å²) in [4.78, 5) is 33.2. The van der Waals surface area contributed by atoms with Gasteiger partial charge in [-0.2, -0.15) is 0 Å². The van der Waals surface area contributed by atoms with E-state index in [9.17, 15) is 14.0 Å². The predicted molar refractivity (Wildman–Crippen MR) is 120 cm³/mol. The first kappa shape index (κ1) is 20.2. The number of fused-ring (bicyclic) bond motifs is 1. The summed E-state index contributed by atoms with van der Waals surface area (Å²) >= 11 is 1.27. The first-order valence-electron chi connectivity index (χ1n) is 10.7. The molecule has 2 saturated carbocycles. The van der Waals surface area contributed by atoms with Crippen molar-refractivity contribution in [3.63, 3.8) is 0 Å². The Bertz CT molecular complexity index is 1190. The normalized spacial score (nSPS) is 17.0. The first-order valence-corrected chi connectivity index (χ1v) is 11.7. The molecule has 1 amide bonds. The number of para-hydroxylation sites is 1. The third-order valence-electron chi connectivity index (χ3n) is 6.13. The molecule has 1 aromatic heterocycles. The average Bonchev–Trinajstić information content (AvgIpc) is 3.67. The lowest BCUT2D eigenvalue weighted by Gasteiger charge is -2.29. The van der Waals surface area contributed by atoms with E-state index in [1.54, 1.807) is 30.3 Å². The predicted octanol–water partition coefficient (Wildman–Crippen LogP) is 4.41. The number of nitrogens with zero attached hydrogens (tertiary/aromatic N) is 3. The number of aromatic nitrogens is 2. The zero-order valence-corrected chi connectivity index (χ0v) is 18.1. The Morgan fingerprint density at radius 1 is 1.16 bits per heavy atom. The number of carbonyl (C=O) groups excluding carboxylic acids is 1.